The molecule has 4 nitrogen and oxygen atoms in total. The van der Waals surface area contributed by atoms with E-state index >= 15 is 0 Å². The van der Waals surface area contributed by atoms with Gasteiger partial charge < -0.3 is 4.57 Å². The van der Waals surface area contributed by atoms with Gasteiger partial charge in [0, 0.05) is 52.9 Å². The first-order valence-electron chi connectivity index (χ1n) is 16.6. The molecule has 0 aliphatic rings. The first-order valence-corrected chi connectivity index (χ1v) is 16.6. The van der Waals surface area contributed by atoms with Crippen LogP contribution in [-0.4, -0.2) is 4.57 Å². The molecule has 0 N–H and O–H groups in total. The Kier molecular flexibility index (Phi) is 7.10. The average molecular weight is 630 g/mol. The number of hydrogen-bond donors (Lipinski definition) is 0. The standard InChI is InChI=1S/C45H33N4/c1-4-13-34(14-5-1)37-25-28-43-42-21-10-11-22-44(42)49(45(43)30-37)40-26-23-35(24-27-40)36-15-12-20-41(29-36)48-32-46(38-16-6-2-7-17-38)31-47(33-48)39-18-8-3-9-19-39/h1-33H/q+3. The lowest BCUT2D eigenvalue weighted by atomic mass is 10.0. The number of fused-ring (bicyclic) bond motifs is 3. The molecule has 0 amide bonds. The van der Waals surface area contributed by atoms with Gasteiger partial charge in [-0.3, -0.25) is 0 Å². The summed E-state index contributed by atoms with van der Waals surface area (Å²) in [5, 5.41) is 2.52. The van der Waals surface area contributed by atoms with E-state index in [4.69, 9.17) is 0 Å². The normalized spacial score (nSPS) is 11.3. The van der Waals surface area contributed by atoms with Gasteiger partial charge in [-0.1, -0.05) is 135 Å². The molecule has 0 aliphatic carbocycles. The highest BCUT2D eigenvalue weighted by Gasteiger charge is 2.25. The van der Waals surface area contributed by atoms with E-state index in [0.717, 1.165) is 28.3 Å². The molecule has 0 fully saturated rings. The molecule has 0 saturated heterocycles. The molecule has 7 aromatic carbocycles. The second-order valence-electron chi connectivity index (χ2n) is 12.3. The zero-order chi connectivity index (χ0) is 32.6. The van der Waals surface area contributed by atoms with Crippen molar-refractivity contribution in [1.29, 1.82) is 0 Å². The summed E-state index contributed by atoms with van der Waals surface area (Å²) >= 11 is 0. The van der Waals surface area contributed by atoms with Crippen LogP contribution >= 0.6 is 0 Å². The van der Waals surface area contributed by atoms with Crippen molar-refractivity contribution in [1.82, 2.24) is 4.57 Å². The smallest absolute Gasteiger partial charge is 0.309 e. The maximum absolute atomic E-state index is 2.39. The summed E-state index contributed by atoms with van der Waals surface area (Å²) in [5.41, 5.74) is 11.6. The fraction of sp³-hybridized carbons (Fsp3) is 0. The van der Waals surface area contributed by atoms with E-state index in [0.29, 0.717) is 0 Å². The van der Waals surface area contributed by atoms with Crippen LogP contribution in [0.1, 0.15) is 0 Å². The Morgan fingerprint density at radius 2 is 0.776 bits per heavy atom. The van der Waals surface area contributed by atoms with Gasteiger partial charge in [0.25, 0.3) is 0 Å². The minimum absolute atomic E-state index is 1.08. The number of para-hydroxylation sites is 3. The Morgan fingerprint density at radius 1 is 0.306 bits per heavy atom. The Hall–Kier alpha value is -6.65. The highest BCUT2D eigenvalue weighted by molar-refractivity contribution is 6.10. The van der Waals surface area contributed by atoms with Crippen LogP contribution in [0.3, 0.4) is 0 Å². The average Bonchev–Trinajstić information content (AvgIpc) is 3.52. The minimum atomic E-state index is 1.08. The predicted molar refractivity (Wildman–Crippen MR) is 196 cm³/mol. The zero-order valence-electron chi connectivity index (χ0n) is 26.8. The second kappa shape index (κ2) is 12.2. The van der Waals surface area contributed by atoms with Crippen molar-refractivity contribution < 1.29 is 13.7 Å². The van der Waals surface area contributed by atoms with Gasteiger partial charge in [0.15, 0.2) is 0 Å². The second-order valence-corrected chi connectivity index (χ2v) is 12.3. The molecule has 0 unspecified atom stereocenters. The molecular formula is C45H33N4+3. The van der Waals surface area contributed by atoms with Gasteiger partial charge in [0.1, 0.15) is 0 Å². The lowest BCUT2D eigenvalue weighted by Gasteiger charge is -2.10. The van der Waals surface area contributed by atoms with Crippen LogP contribution in [0.5, 0.6) is 0 Å². The third-order valence-corrected chi connectivity index (χ3v) is 9.24. The lowest BCUT2D eigenvalue weighted by molar-refractivity contribution is -0.858. The molecule has 0 saturated carbocycles. The molecule has 0 aliphatic heterocycles. The van der Waals surface area contributed by atoms with E-state index in [1.807, 2.05) is 12.1 Å². The summed E-state index contributed by atoms with van der Waals surface area (Å²) < 4.78 is 8.88. The van der Waals surface area contributed by atoms with Crippen molar-refractivity contribution in [3.05, 3.63) is 201 Å². The highest BCUT2D eigenvalue weighted by Crippen LogP contribution is 2.35. The quantitative estimate of drug-likeness (QED) is 0.163. The largest absolute Gasteiger partial charge is 0.428 e. The van der Waals surface area contributed by atoms with Crippen LogP contribution in [0.4, 0.5) is 0 Å². The summed E-state index contributed by atoms with van der Waals surface area (Å²) in [6, 6.07) is 64.7. The Bertz CT molecular complexity index is 2520. The van der Waals surface area contributed by atoms with Crippen LogP contribution in [0.15, 0.2) is 201 Å². The Balaban J connectivity index is 1.12. The fourth-order valence-corrected chi connectivity index (χ4v) is 6.80. The van der Waals surface area contributed by atoms with Gasteiger partial charge in [-0.2, -0.15) is 0 Å². The summed E-state index contributed by atoms with van der Waals surface area (Å²) in [6.07, 6.45) is 6.37. The van der Waals surface area contributed by atoms with Gasteiger partial charge in [0.2, 0.25) is 17.1 Å². The molecule has 2 aromatic heterocycles. The minimum Gasteiger partial charge on any atom is -0.309 e. The van der Waals surface area contributed by atoms with Crippen LogP contribution in [-0.2, 0) is 0 Å². The van der Waals surface area contributed by atoms with Gasteiger partial charge in [-0.25, -0.2) is 0 Å². The Labute approximate surface area is 285 Å². The molecule has 9 rings (SSSR count). The first-order chi connectivity index (χ1) is 24.3. The van der Waals surface area contributed by atoms with Crippen molar-refractivity contribution in [3.8, 4) is 45.0 Å². The third kappa shape index (κ3) is 5.35. The van der Waals surface area contributed by atoms with E-state index in [9.17, 15) is 0 Å². The van der Waals surface area contributed by atoms with Crippen molar-refractivity contribution >= 4 is 21.8 Å². The SMILES string of the molecule is c1ccc(-c2ccc3c4ccccc4n(-c4ccc(-c5cccc(-[n+]6c[n+](-c7ccccc7)c[n+](-c7ccccc7)c6)c5)cc4)c3c2)cc1. The molecule has 0 atom stereocenters. The highest BCUT2D eigenvalue weighted by atomic mass is 15.2. The maximum Gasteiger partial charge on any atom is 0.428 e. The van der Waals surface area contributed by atoms with E-state index < -0.39 is 0 Å². The van der Waals surface area contributed by atoms with Crippen molar-refractivity contribution in [2.45, 2.75) is 0 Å². The van der Waals surface area contributed by atoms with Gasteiger partial charge in [0.05, 0.1) is 11.0 Å². The van der Waals surface area contributed by atoms with Crippen LogP contribution in [0, 0.1) is 0 Å². The number of aromatic nitrogens is 4. The van der Waals surface area contributed by atoms with Crippen LogP contribution in [0.2, 0.25) is 0 Å². The maximum atomic E-state index is 2.39. The summed E-state index contributed by atoms with van der Waals surface area (Å²) in [4.78, 5) is 0. The summed E-state index contributed by atoms with van der Waals surface area (Å²) in [5.74, 6) is 0. The predicted octanol–water partition coefficient (Wildman–Crippen LogP) is 8.95. The van der Waals surface area contributed by atoms with Crippen LogP contribution < -0.4 is 13.7 Å². The van der Waals surface area contributed by atoms with E-state index in [1.54, 1.807) is 0 Å². The van der Waals surface area contributed by atoms with E-state index in [2.05, 4.69) is 207 Å². The molecule has 0 spiro atoms. The van der Waals surface area contributed by atoms with Crippen LogP contribution in [0.25, 0.3) is 66.8 Å². The van der Waals surface area contributed by atoms with E-state index in [-0.39, 0.29) is 0 Å². The molecule has 49 heavy (non-hydrogen) atoms. The number of benzene rings is 7. The lowest BCUT2D eigenvalue weighted by Crippen LogP contribution is -2.55. The summed E-state index contributed by atoms with van der Waals surface area (Å²) in [7, 11) is 0. The molecule has 230 valence electrons. The van der Waals surface area contributed by atoms with Gasteiger partial charge >= 0.3 is 19.0 Å². The van der Waals surface area contributed by atoms with Gasteiger partial charge in [-0.05, 0) is 46.5 Å². The summed E-state index contributed by atoms with van der Waals surface area (Å²) in [6.45, 7) is 0. The zero-order valence-corrected chi connectivity index (χ0v) is 26.8. The topological polar surface area (TPSA) is 16.6 Å². The van der Waals surface area contributed by atoms with Crippen molar-refractivity contribution in [2.75, 3.05) is 0 Å². The van der Waals surface area contributed by atoms with E-state index in [1.165, 1.54) is 38.5 Å². The van der Waals surface area contributed by atoms with Crippen molar-refractivity contribution in [3.63, 3.8) is 0 Å². The fourth-order valence-electron chi connectivity index (χ4n) is 6.80. The molecule has 2 heterocycles. The number of rotatable bonds is 6. The number of hydrogen-bond acceptors (Lipinski definition) is 0. The number of nitrogens with zero attached hydrogens (tertiary/aromatic N) is 4. The molecule has 4 heteroatoms. The molecular weight excluding hydrogens is 597 g/mol. The van der Waals surface area contributed by atoms with Crippen molar-refractivity contribution in [2.24, 2.45) is 0 Å². The molecule has 0 bridgehead atoms. The first kappa shape index (κ1) is 28.6. The Morgan fingerprint density at radius 3 is 1.45 bits per heavy atom. The monoisotopic (exact) mass is 629 g/mol. The van der Waals surface area contributed by atoms with Gasteiger partial charge in [-0.15, -0.1) is 0 Å². The molecule has 0 radical (unpaired) electrons. The third-order valence-electron chi connectivity index (χ3n) is 9.24. The molecule has 9 aromatic rings.